The average Bonchev–Trinajstić information content (AvgIpc) is 2.91. The van der Waals surface area contributed by atoms with Gasteiger partial charge in [-0.3, -0.25) is 19.8 Å². The number of aromatic nitrogens is 1. The summed E-state index contributed by atoms with van der Waals surface area (Å²) < 4.78 is 0. The molecule has 0 spiro atoms. The molecule has 1 aromatic rings. The van der Waals surface area contributed by atoms with E-state index < -0.39 is 4.92 Å². The molecule has 110 valence electrons. The zero-order valence-electron chi connectivity index (χ0n) is 11.8. The Kier molecular flexibility index (Phi) is 4.89. The van der Waals surface area contributed by atoms with Gasteiger partial charge in [-0.15, -0.1) is 0 Å². The molecular weight excluding hydrogens is 258 g/mol. The van der Waals surface area contributed by atoms with Gasteiger partial charge in [-0.25, -0.2) is 0 Å². The van der Waals surface area contributed by atoms with Crippen molar-refractivity contribution < 1.29 is 9.72 Å². The summed E-state index contributed by atoms with van der Waals surface area (Å²) in [5.41, 5.74) is 0.273. The Hall–Kier alpha value is -1.69. The van der Waals surface area contributed by atoms with Gasteiger partial charge in [-0.05, 0) is 25.8 Å². The molecule has 2 rings (SSSR count). The Balaban J connectivity index is 1.99. The fourth-order valence-electron chi connectivity index (χ4n) is 2.85. The highest BCUT2D eigenvalue weighted by molar-refractivity contribution is 5.96. The molecule has 6 heteroatoms. The van der Waals surface area contributed by atoms with E-state index in [9.17, 15) is 14.9 Å². The lowest BCUT2D eigenvalue weighted by atomic mass is 9.98. The molecule has 1 atom stereocenters. The first-order valence-electron chi connectivity index (χ1n) is 7.22. The molecular formula is C14H21N3O3. The van der Waals surface area contributed by atoms with E-state index in [0.29, 0.717) is 18.3 Å². The van der Waals surface area contributed by atoms with Crippen LogP contribution in [0.4, 0.5) is 5.69 Å². The van der Waals surface area contributed by atoms with Crippen molar-refractivity contribution >= 4 is 11.5 Å². The first-order chi connectivity index (χ1) is 9.61. The Morgan fingerprint density at radius 1 is 1.55 bits per heavy atom. The average molecular weight is 279 g/mol. The largest absolute Gasteiger partial charge is 0.353 e. The number of piperidine rings is 1. The van der Waals surface area contributed by atoms with Gasteiger partial charge in [0.15, 0.2) is 5.78 Å². The van der Waals surface area contributed by atoms with E-state index in [-0.39, 0.29) is 11.5 Å². The number of rotatable bonds is 6. The van der Waals surface area contributed by atoms with Crippen molar-refractivity contribution in [1.29, 1.82) is 0 Å². The van der Waals surface area contributed by atoms with Gasteiger partial charge in [0.2, 0.25) is 0 Å². The van der Waals surface area contributed by atoms with E-state index in [1.165, 1.54) is 18.7 Å². The summed E-state index contributed by atoms with van der Waals surface area (Å²) in [7, 11) is 0. The maximum absolute atomic E-state index is 12.2. The molecule has 20 heavy (non-hydrogen) atoms. The van der Waals surface area contributed by atoms with Crippen LogP contribution in [0.5, 0.6) is 0 Å². The van der Waals surface area contributed by atoms with Gasteiger partial charge in [0.05, 0.1) is 23.4 Å². The number of hydrogen-bond donors (Lipinski definition) is 1. The second kappa shape index (κ2) is 6.65. The standard InChI is InChI=1S/C14H21N3O3/c1-2-5-11-6-3-4-7-16(11)10-14(18)13-8-12(9-15-13)17(19)20/h8-9,11,15H,2-7,10H2,1H3. The minimum Gasteiger partial charge on any atom is -0.353 e. The van der Waals surface area contributed by atoms with Crippen LogP contribution in [0.3, 0.4) is 0 Å². The van der Waals surface area contributed by atoms with Crippen LogP contribution in [0.2, 0.25) is 0 Å². The van der Waals surface area contributed by atoms with Gasteiger partial charge >= 0.3 is 0 Å². The first-order valence-corrected chi connectivity index (χ1v) is 7.22. The molecule has 0 saturated carbocycles. The summed E-state index contributed by atoms with van der Waals surface area (Å²) >= 11 is 0. The van der Waals surface area contributed by atoms with Gasteiger partial charge in [0.1, 0.15) is 0 Å². The van der Waals surface area contributed by atoms with E-state index in [2.05, 4.69) is 16.8 Å². The van der Waals surface area contributed by atoms with Crippen LogP contribution < -0.4 is 0 Å². The fourth-order valence-corrected chi connectivity index (χ4v) is 2.85. The molecule has 1 saturated heterocycles. The normalized spacial score (nSPS) is 19.9. The molecule has 0 radical (unpaired) electrons. The number of H-pyrrole nitrogens is 1. The molecule has 2 heterocycles. The zero-order chi connectivity index (χ0) is 14.5. The van der Waals surface area contributed by atoms with Crippen molar-refractivity contribution in [2.24, 2.45) is 0 Å². The number of nitro groups is 1. The highest BCUT2D eigenvalue weighted by Crippen LogP contribution is 2.21. The number of likely N-dealkylation sites (tertiary alicyclic amines) is 1. The monoisotopic (exact) mass is 279 g/mol. The third kappa shape index (κ3) is 3.45. The highest BCUT2D eigenvalue weighted by atomic mass is 16.6. The molecule has 0 aromatic carbocycles. The van der Waals surface area contributed by atoms with Gasteiger partial charge < -0.3 is 4.98 Å². The third-order valence-electron chi connectivity index (χ3n) is 3.90. The summed E-state index contributed by atoms with van der Waals surface area (Å²) in [6, 6.07) is 1.80. The predicted molar refractivity (Wildman–Crippen MR) is 75.9 cm³/mol. The molecule has 0 bridgehead atoms. The maximum atomic E-state index is 12.2. The number of nitrogens with zero attached hydrogens (tertiary/aromatic N) is 2. The summed E-state index contributed by atoms with van der Waals surface area (Å²) in [5.74, 6) is -0.0684. The number of hydrogen-bond acceptors (Lipinski definition) is 4. The van der Waals surface area contributed by atoms with Gasteiger partial charge in [0.25, 0.3) is 5.69 Å². The molecule has 1 aromatic heterocycles. The molecule has 1 N–H and O–H groups in total. The van der Waals surface area contributed by atoms with Crippen LogP contribution in [0, 0.1) is 10.1 Å². The Labute approximate surface area is 118 Å². The second-order valence-corrected chi connectivity index (χ2v) is 5.36. The Bertz CT molecular complexity index is 482. The van der Waals surface area contributed by atoms with Gasteiger partial charge in [-0.1, -0.05) is 19.8 Å². The molecule has 1 unspecified atom stereocenters. The van der Waals surface area contributed by atoms with E-state index in [4.69, 9.17) is 0 Å². The quantitative estimate of drug-likeness (QED) is 0.493. The number of aromatic amines is 1. The first kappa shape index (κ1) is 14.7. The van der Waals surface area contributed by atoms with Crippen molar-refractivity contribution in [1.82, 2.24) is 9.88 Å². The highest BCUT2D eigenvalue weighted by Gasteiger charge is 2.25. The van der Waals surface area contributed by atoms with Crippen LogP contribution in [-0.2, 0) is 0 Å². The fraction of sp³-hybridized carbons (Fsp3) is 0.643. The summed E-state index contributed by atoms with van der Waals surface area (Å²) in [5, 5.41) is 10.6. The van der Waals surface area contributed by atoms with Crippen molar-refractivity contribution in [2.45, 2.75) is 45.1 Å². The van der Waals surface area contributed by atoms with Crippen molar-refractivity contribution in [3.05, 3.63) is 28.1 Å². The van der Waals surface area contributed by atoms with Gasteiger partial charge in [-0.2, -0.15) is 0 Å². The van der Waals surface area contributed by atoms with Crippen LogP contribution in [0.1, 0.15) is 49.5 Å². The molecule has 1 aliphatic rings. The Morgan fingerprint density at radius 2 is 2.35 bits per heavy atom. The lowest BCUT2D eigenvalue weighted by Gasteiger charge is -2.35. The number of Topliss-reactive ketones (excluding diaryl/α,β-unsaturated/α-hetero) is 1. The smallest absolute Gasteiger partial charge is 0.287 e. The maximum Gasteiger partial charge on any atom is 0.287 e. The van der Waals surface area contributed by atoms with E-state index >= 15 is 0 Å². The Morgan fingerprint density at radius 3 is 3.00 bits per heavy atom. The summed E-state index contributed by atoms with van der Waals surface area (Å²) in [4.78, 5) is 27.3. The predicted octanol–water partition coefficient (Wildman–Crippen LogP) is 2.76. The van der Waals surface area contributed by atoms with Crippen molar-refractivity contribution in [3.8, 4) is 0 Å². The third-order valence-corrected chi connectivity index (χ3v) is 3.90. The van der Waals surface area contributed by atoms with Crippen molar-refractivity contribution in [3.63, 3.8) is 0 Å². The van der Waals surface area contributed by atoms with Gasteiger partial charge in [0, 0.05) is 12.1 Å². The molecule has 6 nitrogen and oxygen atoms in total. The molecule has 0 aliphatic carbocycles. The number of carbonyl (C=O) groups excluding carboxylic acids is 1. The summed E-state index contributed by atoms with van der Waals surface area (Å²) in [6.07, 6.45) is 6.99. The van der Waals surface area contributed by atoms with E-state index in [1.54, 1.807) is 0 Å². The minimum absolute atomic E-state index is 0.0582. The second-order valence-electron chi connectivity index (χ2n) is 5.36. The van der Waals surface area contributed by atoms with Crippen LogP contribution in [-0.4, -0.2) is 39.7 Å². The molecule has 1 fully saturated rings. The van der Waals surface area contributed by atoms with Crippen LogP contribution >= 0.6 is 0 Å². The molecule has 1 aliphatic heterocycles. The SMILES string of the molecule is CCCC1CCCCN1CC(=O)c1cc([N+](=O)[O-])c[nH]1. The lowest BCUT2D eigenvalue weighted by Crippen LogP contribution is -2.42. The number of nitrogens with one attached hydrogen (secondary N) is 1. The van der Waals surface area contributed by atoms with Crippen LogP contribution in [0.15, 0.2) is 12.3 Å². The van der Waals surface area contributed by atoms with Crippen LogP contribution in [0.25, 0.3) is 0 Å². The lowest BCUT2D eigenvalue weighted by molar-refractivity contribution is -0.384. The van der Waals surface area contributed by atoms with E-state index in [0.717, 1.165) is 32.2 Å². The summed E-state index contributed by atoms with van der Waals surface area (Å²) in [6.45, 7) is 3.45. The number of carbonyl (C=O) groups is 1. The molecule has 0 amide bonds. The minimum atomic E-state index is -0.492. The van der Waals surface area contributed by atoms with E-state index in [1.807, 2.05) is 0 Å². The van der Waals surface area contributed by atoms with Crippen molar-refractivity contribution in [2.75, 3.05) is 13.1 Å². The topological polar surface area (TPSA) is 79.2 Å². The number of ketones is 1. The zero-order valence-corrected chi connectivity index (χ0v) is 11.8.